The number of unbranched alkanes of at least 4 members (excludes halogenated alkanes) is 7. The summed E-state index contributed by atoms with van der Waals surface area (Å²) in [6.07, 6.45) is 12.2. The average molecular weight is 395 g/mol. The van der Waals surface area contributed by atoms with Crippen LogP contribution in [0, 0.1) is 0 Å². The molecule has 0 bridgehead atoms. The lowest BCUT2D eigenvalue weighted by molar-refractivity contribution is 0.304. The van der Waals surface area contributed by atoms with Crippen molar-refractivity contribution in [3.05, 3.63) is 61.2 Å². The van der Waals surface area contributed by atoms with Crippen molar-refractivity contribution in [2.24, 2.45) is 10.2 Å². The SMILES string of the molecule is C=CCOc1ccc(N=Nc2ccc(OCCCCCCCCCC)cc2)cc1. The van der Waals surface area contributed by atoms with Crippen LogP contribution in [0.3, 0.4) is 0 Å². The van der Waals surface area contributed by atoms with E-state index < -0.39 is 0 Å². The fourth-order valence-corrected chi connectivity index (χ4v) is 2.91. The highest BCUT2D eigenvalue weighted by atomic mass is 16.5. The van der Waals surface area contributed by atoms with Crippen molar-refractivity contribution >= 4 is 11.4 Å². The van der Waals surface area contributed by atoms with Crippen LogP contribution in [0.2, 0.25) is 0 Å². The lowest BCUT2D eigenvalue weighted by atomic mass is 10.1. The van der Waals surface area contributed by atoms with E-state index in [9.17, 15) is 0 Å². The van der Waals surface area contributed by atoms with Gasteiger partial charge in [-0.15, -0.1) is 0 Å². The van der Waals surface area contributed by atoms with Gasteiger partial charge in [0.25, 0.3) is 0 Å². The summed E-state index contributed by atoms with van der Waals surface area (Å²) >= 11 is 0. The molecule has 0 amide bonds. The largest absolute Gasteiger partial charge is 0.494 e. The molecule has 0 saturated heterocycles. The minimum absolute atomic E-state index is 0.494. The summed E-state index contributed by atoms with van der Waals surface area (Å²) in [5.74, 6) is 1.68. The molecular formula is C25H34N2O2. The van der Waals surface area contributed by atoms with Crippen LogP contribution < -0.4 is 9.47 Å². The third kappa shape index (κ3) is 9.93. The molecule has 4 heteroatoms. The second-order valence-electron chi connectivity index (χ2n) is 7.11. The summed E-state index contributed by atoms with van der Waals surface area (Å²) in [7, 11) is 0. The smallest absolute Gasteiger partial charge is 0.119 e. The summed E-state index contributed by atoms with van der Waals surface area (Å²) in [5.41, 5.74) is 1.59. The molecular weight excluding hydrogens is 360 g/mol. The molecule has 4 nitrogen and oxygen atoms in total. The predicted molar refractivity (Wildman–Crippen MR) is 121 cm³/mol. The molecule has 156 valence electrons. The Labute approximate surface area is 175 Å². The summed E-state index contributed by atoms with van der Waals surface area (Å²) in [6.45, 7) is 7.16. The highest BCUT2D eigenvalue weighted by Gasteiger charge is 1.97. The van der Waals surface area contributed by atoms with Gasteiger partial charge in [0, 0.05) is 0 Å². The molecule has 0 atom stereocenters. The number of azo groups is 1. The maximum atomic E-state index is 5.82. The normalized spacial score (nSPS) is 10.9. The van der Waals surface area contributed by atoms with Gasteiger partial charge in [-0.3, -0.25) is 0 Å². The van der Waals surface area contributed by atoms with Crippen molar-refractivity contribution in [2.75, 3.05) is 13.2 Å². The summed E-state index contributed by atoms with van der Waals surface area (Å²) in [6, 6.07) is 15.3. The van der Waals surface area contributed by atoms with Gasteiger partial charge in [-0.1, -0.05) is 64.5 Å². The minimum atomic E-state index is 0.494. The third-order valence-electron chi connectivity index (χ3n) is 4.59. The Morgan fingerprint density at radius 1 is 0.690 bits per heavy atom. The van der Waals surface area contributed by atoms with Gasteiger partial charge in [0.1, 0.15) is 18.1 Å². The van der Waals surface area contributed by atoms with E-state index in [1.165, 1.54) is 44.9 Å². The molecule has 0 spiro atoms. The minimum Gasteiger partial charge on any atom is -0.494 e. The number of hydrogen-bond acceptors (Lipinski definition) is 4. The van der Waals surface area contributed by atoms with Crippen LogP contribution in [-0.2, 0) is 0 Å². The molecule has 0 aromatic heterocycles. The molecule has 0 aliphatic heterocycles. The van der Waals surface area contributed by atoms with Crippen molar-refractivity contribution in [3.8, 4) is 11.5 Å². The molecule has 2 aromatic rings. The molecule has 0 aliphatic carbocycles. The van der Waals surface area contributed by atoms with Crippen LogP contribution in [0.1, 0.15) is 58.3 Å². The Morgan fingerprint density at radius 2 is 1.17 bits per heavy atom. The summed E-state index contributed by atoms with van der Waals surface area (Å²) in [5, 5.41) is 8.53. The Balaban J connectivity index is 1.65. The zero-order valence-corrected chi connectivity index (χ0v) is 17.7. The number of ether oxygens (including phenoxy) is 2. The van der Waals surface area contributed by atoms with Gasteiger partial charge in [-0.05, 0) is 55.0 Å². The molecule has 0 unspecified atom stereocenters. The predicted octanol–water partition coefficient (Wildman–Crippen LogP) is 8.19. The van der Waals surface area contributed by atoms with Gasteiger partial charge in [0.05, 0.1) is 18.0 Å². The Hall–Kier alpha value is -2.62. The summed E-state index contributed by atoms with van der Waals surface area (Å²) in [4.78, 5) is 0. The van der Waals surface area contributed by atoms with Crippen molar-refractivity contribution in [1.29, 1.82) is 0 Å². The Morgan fingerprint density at radius 3 is 1.69 bits per heavy atom. The van der Waals surface area contributed by atoms with Gasteiger partial charge in [0.2, 0.25) is 0 Å². The van der Waals surface area contributed by atoms with Crippen molar-refractivity contribution in [2.45, 2.75) is 58.3 Å². The molecule has 0 N–H and O–H groups in total. The lowest BCUT2D eigenvalue weighted by Gasteiger charge is -2.06. The number of benzene rings is 2. The van der Waals surface area contributed by atoms with Gasteiger partial charge in [0.15, 0.2) is 0 Å². The van der Waals surface area contributed by atoms with Crippen LogP contribution in [0.15, 0.2) is 71.4 Å². The van der Waals surface area contributed by atoms with Crippen molar-refractivity contribution in [3.63, 3.8) is 0 Å². The zero-order valence-electron chi connectivity index (χ0n) is 17.7. The topological polar surface area (TPSA) is 43.2 Å². The zero-order chi connectivity index (χ0) is 20.6. The van der Waals surface area contributed by atoms with E-state index in [0.29, 0.717) is 6.61 Å². The first-order chi connectivity index (χ1) is 14.3. The summed E-state index contributed by atoms with van der Waals surface area (Å²) < 4.78 is 11.3. The Bertz CT molecular complexity index is 709. The monoisotopic (exact) mass is 394 g/mol. The van der Waals surface area contributed by atoms with Crippen LogP contribution in [0.25, 0.3) is 0 Å². The van der Waals surface area contributed by atoms with E-state index in [1.54, 1.807) is 6.08 Å². The van der Waals surface area contributed by atoms with Gasteiger partial charge >= 0.3 is 0 Å². The molecule has 29 heavy (non-hydrogen) atoms. The highest BCUT2D eigenvalue weighted by molar-refractivity contribution is 5.44. The first-order valence-corrected chi connectivity index (χ1v) is 10.8. The lowest BCUT2D eigenvalue weighted by Crippen LogP contribution is -1.96. The first kappa shape index (κ1) is 22.7. The Kier molecular flexibility index (Phi) is 11.2. The molecule has 0 heterocycles. The molecule has 0 aliphatic rings. The standard InChI is InChI=1S/C25H34N2O2/c1-3-5-6-7-8-9-10-11-21-29-25-18-14-23(15-19-25)27-26-22-12-16-24(17-13-22)28-20-4-2/h4,12-19H,2-3,5-11,20-21H2,1H3. The van der Waals surface area contributed by atoms with E-state index in [0.717, 1.165) is 35.9 Å². The molecule has 2 rings (SSSR count). The average Bonchev–Trinajstić information content (AvgIpc) is 2.76. The van der Waals surface area contributed by atoms with Crippen LogP contribution in [-0.4, -0.2) is 13.2 Å². The van der Waals surface area contributed by atoms with E-state index in [1.807, 2.05) is 48.5 Å². The first-order valence-electron chi connectivity index (χ1n) is 10.8. The second-order valence-corrected chi connectivity index (χ2v) is 7.11. The second kappa shape index (κ2) is 14.4. The van der Waals surface area contributed by atoms with Crippen molar-refractivity contribution < 1.29 is 9.47 Å². The maximum Gasteiger partial charge on any atom is 0.119 e. The molecule has 2 aromatic carbocycles. The van der Waals surface area contributed by atoms with E-state index in [2.05, 4.69) is 23.7 Å². The number of rotatable bonds is 15. The van der Waals surface area contributed by atoms with Gasteiger partial charge in [-0.25, -0.2) is 0 Å². The van der Waals surface area contributed by atoms with Gasteiger partial charge in [-0.2, -0.15) is 10.2 Å². The van der Waals surface area contributed by atoms with E-state index in [-0.39, 0.29) is 0 Å². The molecule has 0 radical (unpaired) electrons. The van der Waals surface area contributed by atoms with Crippen LogP contribution in [0.4, 0.5) is 11.4 Å². The van der Waals surface area contributed by atoms with E-state index >= 15 is 0 Å². The van der Waals surface area contributed by atoms with Gasteiger partial charge < -0.3 is 9.47 Å². The molecule has 0 saturated carbocycles. The number of hydrogen-bond donors (Lipinski definition) is 0. The third-order valence-corrected chi connectivity index (χ3v) is 4.59. The number of nitrogens with zero attached hydrogens (tertiary/aromatic N) is 2. The van der Waals surface area contributed by atoms with Crippen LogP contribution in [0.5, 0.6) is 11.5 Å². The highest BCUT2D eigenvalue weighted by Crippen LogP contribution is 2.23. The quantitative estimate of drug-likeness (QED) is 0.174. The fourth-order valence-electron chi connectivity index (χ4n) is 2.91. The van der Waals surface area contributed by atoms with Crippen LogP contribution >= 0.6 is 0 Å². The van der Waals surface area contributed by atoms with Crippen molar-refractivity contribution in [1.82, 2.24) is 0 Å². The molecule has 0 fully saturated rings. The van der Waals surface area contributed by atoms with E-state index in [4.69, 9.17) is 9.47 Å². The fraction of sp³-hybridized carbons (Fsp3) is 0.440. The maximum absolute atomic E-state index is 5.82.